The van der Waals surface area contributed by atoms with Gasteiger partial charge in [-0.1, -0.05) is 37.3 Å². The van der Waals surface area contributed by atoms with Gasteiger partial charge in [0.15, 0.2) is 0 Å². The molecule has 3 N–H and O–H groups in total. The molecule has 0 amide bonds. The lowest BCUT2D eigenvalue weighted by Crippen LogP contribution is -2.14. The van der Waals surface area contributed by atoms with Gasteiger partial charge in [-0.2, -0.15) is 0 Å². The summed E-state index contributed by atoms with van der Waals surface area (Å²) in [5.41, 5.74) is 8.64. The van der Waals surface area contributed by atoms with Crippen LogP contribution in [0.25, 0.3) is 0 Å². The molecule has 0 atom stereocenters. The maximum atomic E-state index is 14.0. The molecule has 0 heterocycles. The number of benzene rings is 2. The lowest BCUT2D eigenvalue weighted by molar-refractivity contribution is 0.631. The first-order valence-electron chi connectivity index (χ1n) is 6.62. The number of nitrogens with two attached hydrogens (primary N) is 1. The summed E-state index contributed by atoms with van der Waals surface area (Å²) in [4.78, 5) is 1.31. The molecule has 0 aliphatic heterocycles. The maximum absolute atomic E-state index is 14.0. The van der Waals surface area contributed by atoms with E-state index in [4.69, 9.17) is 18.0 Å². The van der Waals surface area contributed by atoms with Crippen molar-refractivity contribution in [3.05, 3.63) is 53.3 Å². The van der Waals surface area contributed by atoms with Gasteiger partial charge in [-0.05, 0) is 36.4 Å². The number of hydrogen-bond donors (Lipinski definition) is 2. The third-order valence-corrected chi connectivity index (χ3v) is 4.20. The number of nitrogens with one attached hydrogen (secondary N) is 1. The second kappa shape index (κ2) is 6.91. The van der Waals surface area contributed by atoms with Crippen LogP contribution in [0.3, 0.4) is 0 Å². The summed E-state index contributed by atoms with van der Waals surface area (Å²) in [6.45, 7) is 3.92. The van der Waals surface area contributed by atoms with Crippen molar-refractivity contribution in [1.82, 2.24) is 0 Å². The normalized spacial score (nSPS) is 10.4. The lowest BCUT2D eigenvalue weighted by Gasteiger charge is -2.16. The molecule has 5 heteroatoms. The standard InChI is InChI=1S/C16H17FN2S2/c1-3-21-13-9-5-8-12(14(13)16(18)20)19-15-10(2)6-4-7-11(15)17/h4-9,19H,3H2,1-2H3,(H2,18,20). The molecule has 0 bridgehead atoms. The summed E-state index contributed by atoms with van der Waals surface area (Å²) in [5.74, 6) is 0.620. The highest BCUT2D eigenvalue weighted by Crippen LogP contribution is 2.32. The monoisotopic (exact) mass is 320 g/mol. The molecule has 2 rings (SSSR count). The highest BCUT2D eigenvalue weighted by atomic mass is 32.2. The highest BCUT2D eigenvalue weighted by Gasteiger charge is 2.13. The van der Waals surface area contributed by atoms with Crippen LogP contribution < -0.4 is 11.1 Å². The molecule has 21 heavy (non-hydrogen) atoms. The van der Waals surface area contributed by atoms with E-state index in [1.165, 1.54) is 6.07 Å². The van der Waals surface area contributed by atoms with Gasteiger partial charge in [-0.25, -0.2) is 4.39 Å². The molecule has 0 aromatic heterocycles. The van der Waals surface area contributed by atoms with E-state index in [1.807, 2.05) is 31.2 Å². The quantitative estimate of drug-likeness (QED) is 0.622. The van der Waals surface area contributed by atoms with E-state index in [0.717, 1.165) is 27.5 Å². The van der Waals surface area contributed by atoms with E-state index in [0.29, 0.717) is 10.7 Å². The first kappa shape index (κ1) is 15.8. The summed E-state index contributed by atoms with van der Waals surface area (Å²) in [7, 11) is 0. The fourth-order valence-electron chi connectivity index (χ4n) is 2.09. The molecule has 110 valence electrons. The van der Waals surface area contributed by atoms with Gasteiger partial charge in [-0.15, -0.1) is 11.8 Å². The molecule has 0 saturated heterocycles. The Morgan fingerprint density at radius 2 is 2.00 bits per heavy atom. The topological polar surface area (TPSA) is 38.0 Å². The van der Waals surface area contributed by atoms with Crippen molar-refractivity contribution in [2.75, 3.05) is 11.1 Å². The zero-order valence-electron chi connectivity index (χ0n) is 11.9. The van der Waals surface area contributed by atoms with Crippen LogP contribution in [0.15, 0.2) is 41.3 Å². The minimum atomic E-state index is -0.294. The van der Waals surface area contributed by atoms with Crippen molar-refractivity contribution in [3.8, 4) is 0 Å². The van der Waals surface area contributed by atoms with Gasteiger partial charge in [-0.3, -0.25) is 0 Å². The Hall–Kier alpha value is -1.59. The molecule has 0 saturated carbocycles. The highest BCUT2D eigenvalue weighted by molar-refractivity contribution is 7.99. The van der Waals surface area contributed by atoms with E-state index < -0.39 is 0 Å². The van der Waals surface area contributed by atoms with Crippen molar-refractivity contribution >= 4 is 40.3 Å². The second-order valence-electron chi connectivity index (χ2n) is 4.53. The number of thiocarbonyl (C=S) groups is 1. The first-order valence-corrected chi connectivity index (χ1v) is 8.01. The van der Waals surface area contributed by atoms with E-state index in [1.54, 1.807) is 17.8 Å². The largest absolute Gasteiger partial charge is 0.389 e. The Morgan fingerprint density at radius 3 is 2.62 bits per heavy atom. The smallest absolute Gasteiger partial charge is 0.146 e. The van der Waals surface area contributed by atoms with Gasteiger partial charge in [0.1, 0.15) is 10.8 Å². The van der Waals surface area contributed by atoms with E-state index in [9.17, 15) is 4.39 Å². The van der Waals surface area contributed by atoms with Crippen molar-refractivity contribution in [3.63, 3.8) is 0 Å². The van der Waals surface area contributed by atoms with Gasteiger partial charge in [0.05, 0.1) is 5.69 Å². The molecule has 0 aliphatic rings. The van der Waals surface area contributed by atoms with E-state index in [2.05, 4.69) is 12.2 Å². The minimum absolute atomic E-state index is 0.294. The van der Waals surface area contributed by atoms with E-state index >= 15 is 0 Å². The van der Waals surface area contributed by atoms with Crippen molar-refractivity contribution in [2.24, 2.45) is 5.73 Å². The second-order valence-corrected chi connectivity index (χ2v) is 6.28. The number of aryl methyl sites for hydroxylation is 1. The lowest BCUT2D eigenvalue weighted by atomic mass is 10.1. The summed E-state index contributed by atoms with van der Waals surface area (Å²) >= 11 is 6.83. The molecule has 2 nitrogen and oxygen atoms in total. The molecular formula is C16H17FN2S2. The molecule has 0 fully saturated rings. The van der Waals surface area contributed by atoms with E-state index in [-0.39, 0.29) is 5.82 Å². The van der Waals surface area contributed by atoms with Crippen LogP contribution in [-0.4, -0.2) is 10.7 Å². The summed E-state index contributed by atoms with van der Waals surface area (Å²) in [6, 6.07) is 10.7. The third-order valence-electron chi connectivity index (χ3n) is 3.05. The number of para-hydroxylation sites is 1. The Balaban J connectivity index is 2.49. The Morgan fingerprint density at radius 1 is 1.29 bits per heavy atom. The van der Waals surface area contributed by atoms with Crippen molar-refractivity contribution < 1.29 is 4.39 Å². The van der Waals surface area contributed by atoms with Crippen LogP contribution in [-0.2, 0) is 0 Å². The van der Waals surface area contributed by atoms with Gasteiger partial charge in [0, 0.05) is 16.1 Å². The molecule has 0 radical (unpaired) electrons. The summed E-state index contributed by atoms with van der Waals surface area (Å²) < 4.78 is 14.0. The van der Waals surface area contributed by atoms with Crippen molar-refractivity contribution in [1.29, 1.82) is 0 Å². The zero-order chi connectivity index (χ0) is 15.4. The van der Waals surface area contributed by atoms with Crippen LogP contribution >= 0.6 is 24.0 Å². The third kappa shape index (κ3) is 3.54. The predicted molar refractivity (Wildman–Crippen MR) is 93.1 cm³/mol. The number of thioether (sulfide) groups is 1. The summed E-state index contributed by atoms with van der Waals surface area (Å²) in [6.07, 6.45) is 0. The van der Waals surface area contributed by atoms with Crippen LogP contribution in [0.1, 0.15) is 18.1 Å². The molecule has 2 aromatic rings. The molecule has 0 spiro atoms. The van der Waals surface area contributed by atoms with Gasteiger partial charge >= 0.3 is 0 Å². The molecule has 2 aromatic carbocycles. The number of halogens is 1. The maximum Gasteiger partial charge on any atom is 0.146 e. The predicted octanol–water partition coefficient (Wildman–Crippen LogP) is 4.62. The minimum Gasteiger partial charge on any atom is -0.389 e. The molecule has 0 aliphatic carbocycles. The van der Waals surface area contributed by atoms with Crippen LogP contribution in [0.4, 0.5) is 15.8 Å². The fraction of sp³-hybridized carbons (Fsp3) is 0.188. The Labute approximate surface area is 133 Å². The average Bonchev–Trinajstić information content (AvgIpc) is 2.43. The van der Waals surface area contributed by atoms with Crippen LogP contribution in [0, 0.1) is 12.7 Å². The molecule has 0 unspecified atom stereocenters. The number of hydrogen-bond acceptors (Lipinski definition) is 3. The fourth-order valence-corrected chi connectivity index (χ4v) is 3.22. The SMILES string of the molecule is CCSc1cccc(Nc2c(C)cccc2F)c1C(N)=S. The summed E-state index contributed by atoms with van der Waals surface area (Å²) in [5, 5.41) is 3.13. The Kier molecular flexibility index (Phi) is 5.20. The zero-order valence-corrected chi connectivity index (χ0v) is 13.6. The van der Waals surface area contributed by atoms with Gasteiger partial charge < -0.3 is 11.1 Å². The van der Waals surface area contributed by atoms with Gasteiger partial charge in [0.25, 0.3) is 0 Å². The van der Waals surface area contributed by atoms with Crippen LogP contribution in [0.5, 0.6) is 0 Å². The molecular weight excluding hydrogens is 303 g/mol. The first-order chi connectivity index (χ1) is 10.0. The number of anilines is 2. The van der Waals surface area contributed by atoms with Gasteiger partial charge in [0.2, 0.25) is 0 Å². The number of rotatable bonds is 5. The Bertz CT molecular complexity index is 651. The van der Waals surface area contributed by atoms with Crippen LogP contribution in [0.2, 0.25) is 0 Å². The average molecular weight is 320 g/mol. The van der Waals surface area contributed by atoms with Crippen molar-refractivity contribution in [2.45, 2.75) is 18.7 Å².